The molecule has 0 aromatic heterocycles. The second-order valence-electron chi connectivity index (χ2n) is 4.23. The summed E-state index contributed by atoms with van der Waals surface area (Å²) >= 11 is 0. The largest absolute Gasteiger partial charge is 0.357 e. The molecule has 0 atom stereocenters. The first-order chi connectivity index (χ1) is 9.61. The molecule has 3 N–H and O–H groups in total. The molecule has 110 valence electrons. The van der Waals surface area contributed by atoms with Crippen molar-refractivity contribution in [3.63, 3.8) is 0 Å². The molecule has 0 bridgehead atoms. The van der Waals surface area contributed by atoms with Gasteiger partial charge in [-0.25, -0.2) is 9.38 Å². The van der Waals surface area contributed by atoms with E-state index in [1.165, 1.54) is 19.1 Å². The number of carbonyl (C=O) groups is 1. The number of aliphatic imine (C=N–C) groups is 1. The van der Waals surface area contributed by atoms with Crippen LogP contribution in [0.4, 0.5) is 4.39 Å². The van der Waals surface area contributed by atoms with Crippen LogP contribution in [0.5, 0.6) is 0 Å². The lowest BCUT2D eigenvalue weighted by Crippen LogP contribution is -2.41. The second kappa shape index (κ2) is 8.90. The van der Waals surface area contributed by atoms with E-state index in [1.54, 1.807) is 12.1 Å². The first-order valence-electron chi connectivity index (χ1n) is 6.63. The molecule has 0 aliphatic rings. The Kier molecular flexibility index (Phi) is 7.10. The maximum absolute atomic E-state index is 12.8. The Balaban J connectivity index is 2.45. The van der Waals surface area contributed by atoms with E-state index >= 15 is 0 Å². The molecule has 0 heterocycles. The highest BCUT2D eigenvalue weighted by Crippen LogP contribution is 2.03. The summed E-state index contributed by atoms with van der Waals surface area (Å²) in [5.41, 5.74) is 0.936. The van der Waals surface area contributed by atoms with Gasteiger partial charge in [-0.2, -0.15) is 0 Å². The van der Waals surface area contributed by atoms with Crippen LogP contribution < -0.4 is 16.0 Å². The minimum absolute atomic E-state index is 0.0555. The molecule has 1 aromatic carbocycles. The molecule has 0 radical (unpaired) electrons. The molecule has 1 rings (SSSR count). The van der Waals surface area contributed by atoms with E-state index in [9.17, 15) is 9.18 Å². The Morgan fingerprint density at radius 1 is 1.15 bits per heavy atom. The van der Waals surface area contributed by atoms with Crippen LogP contribution in [0.3, 0.4) is 0 Å². The highest BCUT2D eigenvalue weighted by Gasteiger charge is 1.98. The number of nitrogens with one attached hydrogen (secondary N) is 3. The summed E-state index contributed by atoms with van der Waals surface area (Å²) in [6.07, 6.45) is 0. The van der Waals surface area contributed by atoms with E-state index in [0.29, 0.717) is 25.6 Å². The molecule has 0 saturated carbocycles. The minimum Gasteiger partial charge on any atom is -0.357 e. The Labute approximate surface area is 118 Å². The van der Waals surface area contributed by atoms with Crippen LogP contribution in [0, 0.1) is 5.82 Å². The van der Waals surface area contributed by atoms with Crippen LogP contribution in [-0.2, 0) is 11.3 Å². The topological polar surface area (TPSA) is 65.5 Å². The van der Waals surface area contributed by atoms with Crippen LogP contribution in [0.2, 0.25) is 0 Å². The summed E-state index contributed by atoms with van der Waals surface area (Å²) in [5, 5.41) is 8.91. The lowest BCUT2D eigenvalue weighted by Gasteiger charge is -2.11. The SMILES string of the molecule is CCNC(=NCc1ccc(F)cc1)NCCNC(C)=O. The normalized spacial score (nSPS) is 11.1. The van der Waals surface area contributed by atoms with Gasteiger partial charge in [-0.3, -0.25) is 4.79 Å². The van der Waals surface area contributed by atoms with Gasteiger partial charge in [0.15, 0.2) is 5.96 Å². The Hall–Kier alpha value is -2.11. The third-order valence-electron chi connectivity index (χ3n) is 2.47. The summed E-state index contributed by atoms with van der Waals surface area (Å²) in [6.45, 7) is 5.80. The molecule has 0 unspecified atom stereocenters. The number of rotatable bonds is 6. The monoisotopic (exact) mass is 280 g/mol. The van der Waals surface area contributed by atoms with Crippen molar-refractivity contribution in [1.29, 1.82) is 0 Å². The molecule has 0 saturated heterocycles. The van der Waals surface area contributed by atoms with E-state index in [0.717, 1.165) is 12.1 Å². The quantitative estimate of drug-likeness (QED) is 0.414. The molecular formula is C14H21FN4O. The number of carbonyl (C=O) groups excluding carboxylic acids is 1. The van der Waals surface area contributed by atoms with Gasteiger partial charge in [0.05, 0.1) is 6.54 Å². The fraction of sp³-hybridized carbons (Fsp3) is 0.429. The molecule has 1 aromatic rings. The fourth-order valence-electron chi connectivity index (χ4n) is 1.52. The van der Waals surface area contributed by atoms with E-state index in [4.69, 9.17) is 0 Å². The standard InChI is InChI=1S/C14H21FN4O/c1-3-16-14(18-9-8-17-11(2)20)19-10-12-4-6-13(15)7-5-12/h4-7H,3,8-10H2,1-2H3,(H,17,20)(H2,16,18,19). The van der Waals surface area contributed by atoms with Crippen molar-refractivity contribution < 1.29 is 9.18 Å². The smallest absolute Gasteiger partial charge is 0.216 e. The minimum atomic E-state index is -0.252. The van der Waals surface area contributed by atoms with Crippen LogP contribution in [0.15, 0.2) is 29.3 Å². The number of hydrogen-bond acceptors (Lipinski definition) is 2. The third kappa shape index (κ3) is 6.72. The number of amides is 1. The summed E-state index contributed by atoms with van der Waals surface area (Å²) < 4.78 is 12.8. The second-order valence-corrected chi connectivity index (χ2v) is 4.23. The lowest BCUT2D eigenvalue weighted by atomic mass is 10.2. The average Bonchev–Trinajstić information content (AvgIpc) is 2.42. The fourth-order valence-corrected chi connectivity index (χ4v) is 1.52. The summed E-state index contributed by atoms with van der Waals surface area (Å²) in [6, 6.07) is 6.25. The molecule has 6 heteroatoms. The van der Waals surface area contributed by atoms with Gasteiger partial charge in [0.25, 0.3) is 0 Å². The zero-order chi connectivity index (χ0) is 14.8. The van der Waals surface area contributed by atoms with Gasteiger partial charge < -0.3 is 16.0 Å². The predicted molar refractivity (Wildman–Crippen MR) is 77.9 cm³/mol. The number of benzene rings is 1. The average molecular weight is 280 g/mol. The van der Waals surface area contributed by atoms with Crippen LogP contribution in [0.25, 0.3) is 0 Å². The van der Waals surface area contributed by atoms with Crippen LogP contribution in [0.1, 0.15) is 19.4 Å². The number of hydrogen-bond donors (Lipinski definition) is 3. The zero-order valence-electron chi connectivity index (χ0n) is 11.9. The number of guanidine groups is 1. The third-order valence-corrected chi connectivity index (χ3v) is 2.47. The molecule has 0 fully saturated rings. The maximum Gasteiger partial charge on any atom is 0.216 e. The zero-order valence-corrected chi connectivity index (χ0v) is 11.9. The van der Waals surface area contributed by atoms with Gasteiger partial charge in [0, 0.05) is 26.6 Å². The van der Waals surface area contributed by atoms with Gasteiger partial charge in [-0.05, 0) is 24.6 Å². The van der Waals surface area contributed by atoms with Crippen molar-refractivity contribution in [3.8, 4) is 0 Å². The summed E-state index contributed by atoms with van der Waals surface area (Å²) in [7, 11) is 0. The van der Waals surface area contributed by atoms with E-state index in [-0.39, 0.29) is 11.7 Å². The van der Waals surface area contributed by atoms with Gasteiger partial charge in [-0.1, -0.05) is 12.1 Å². The number of nitrogens with zero attached hydrogens (tertiary/aromatic N) is 1. The summed E-state index contributed by atoms with van der Waals surface area (Å²) in [4.78, 5) is 15.1. The van der Waals surface area contributed by atoms with Gasteiger partial charge in [0.1, 0.15) is 5.82 Å². The molecule has 0 spiro atoms. The van der Waals surface area contributed by atoms with Crippen LogP contribution >= 0.6 is 0 Å². The molecule has 1 amide bonds. The Morgan fingerprint density at radius 3 is 2.40 bits per heavy atom. The van der Waals surface area contributed by atoms with Crippen LogP contribution in [-0.4, -0.2) is 31.5 Å². The molecule has 0 aliphatic heterocycles. The summed E-state index contributed by atoms with van der Waals surface area (Å²) in [5.74, 6) is 0.361. The van der Waals surface area contributed by atoms with Crippen molar-refractivity contribution in [3.05, 3.63) is 35.6 Å². The Bertz CT molecular complexity index is 445. The first kappa shape index (κ1) is 15.9. The van der Waals surface area contributed by atoms with Crippen molar-refractivity contribution in [2.24, 2.45) is 4.99 Å². The highest BCUT2D eigenvalue weighted by atomic mass is 19.1. The van der Waals surface area contributed by atoms with Gasteiger partial charge in [-0.15, -0.1) is 0 Å². The van der Waals surface area contributed by atoms with E-state index in [1.807, 2.05) is 6.92 Å². The van der Waals surface area contributed by atoms with Gasteiger partial charge in [0.2, 0.25) is 5.91 Å². The van der Waals surface area contributed by atoms with Crippen molar-refractivity contribution >= 4 is 11.9 Å². The molecule has 5 nitrogen and oxygen atoms in total. The predicted octanol–water partition coefficient (Wildman–Crippen LogP) is 1.02. The Morgan fingerprint density at radius 2 is 1.80 bits per heavy atom. The molecule has 20 heavy (non-hydrogen) atoms. The first-order valence-corrected chi connectivity index (χ1v) is 6.63. The van der Waals surface area contributed by atoms with Crippen molar-refractivity contribution in [2.75, 3.05) is 19.6 Å². The number of halogens is 1. The molecule has 0 aliphatic carbocycles. The molecular weight excluding hydrogens is 259 g/mol. The lowest BCUT2D eigenvalue weighted by molar-refractivity contribution is -0.118. The van der Waals surface area contributed by atoms with Crippen molar-refractivity contribution in [2.45, 2.75) is 20.4 Å². The maximum atomic E-state index is 12.8. The van der Waals surface area contributed by atoms with E-state index < -0.39 is 0 Å². The van der Waals surface area contributed by atoms with E-state index in [2.05, 4.69) is 20.9 Å². The van der Waals surface area contributed by atoms with Gasteiger partial charge >= 0.3 is 0 Å². The van der Waals surface area contributed by atoms with Crippen molar-refractivity contribution in [1.82, 2.24) is 16.0 Å². The highest BCUT2D eigenvalue weighted by molar-refractivity contribution is 5.79.